The first-order chi connectivity index (χ1) is 8.15. The van der Waals surface area contributed by atoms with Gasteiger partial charge in [-0.3, -0.25) is 4.79 Å². The van der Waals surface area contributed by atoms with Gasteiger partial charge in [0.05, 0.1) is 5.92 Å². The summed E-state index contributed by atoms with van der Waals surface area (Å²) >= 11 is 0. The molecule has 1 fully saturated rings. The number of amides is 1. The molecule has 1 saturated carbocycles. The molecule has 0 aromatic carbocycles. The molecule has 1 aliphatic carbocycles. The molecule has 0 aromatic heterocycles. The van der Waals surface area contributed by atoms with Gasteiger partial charge in [0.15, 0.2) is 0 Å². The highest BCUT2D eigenvalue weighted by atomic mass is 16.2. The second-order valence-corrected chi connectivity index (χ2v) is 5.64. The molecular formula is C14H28N2O. The van der Waals surface area contributed by atoms with Crippen molar-refractivity contribution in [2.24, 2.45) is 17.6 Å². The Morgan fingerprint density at radius 2 is 1.71 bits per heavy atom. The molecule has 1 aliphatic rings. The summed E-state index contributed by atoms with van der Waals surface area (Å²) in [5.74, 6) is 0.460. The summed E-state index contributed by atoms with van der Waals surface area (Å²) in [4.78, 5) is 12.1. The van der Waals surface area contributed by atoms with Gasteiger partial charge in [-0.15, -0.1) is 0 Å². The van der Waals surface area contributed by atoms with Crippen LogP contribution < -0.4 is 11.1 Å². The molecule has 3 nitrogen and oxygen atoms in total. The van der Waals surface area contributed by atoms with E-state index in [0.29, 0.717) is 18.5 Å². The fourth-order valence-electron chi connectivity index (χ4n) is 2.59. The van der Waals surface area contributed by atoms with Crippen LogP contribution in [0.4, 0.5) is 0 Å². The molecule has 0 bridgehead atoms. The number of hydrogen-bond acceptors (Lipinski definition) is 2. The molecule has 1 amide bonds. The zero-order valence-electron chi connectivity index (χ0n) is 11.4. The maximum absolute atomic E-state index is 12.1. The van der Waals surface area contributed by atoms with E-state index in [0.717, 1.165) is 12.8 Å². The molecule has 0 saturated heterocycles. The van der Waals surface area contributed by atoms with E-state index in [2.05, 4.69) is 19.2 Å². The van der Waals surface area contributed by atoms with E-state index in [1.54, 1.807) is 0 Å². The van der Waals surface area contributed by atoms with E-state index in [4.69, 9.17) is 5.73 Å². The molecule has 0 radical (unpaired) electrons. The molecule has 1 unspecified atom stereocenters. The minimum Gasteiger partial charge on any atom is -0.353 e. The fourth-order valence-corrected chi connectivity index (χ4v) is 2.59. The molecule has 3 N–H and O–H groups in total. The molecule has 3 heteroatoms. The van der Waals surface area contributed by atoms with Crippen molar-refractivity contribution < 1.29 is 4.79 Å². The quantitative estimate of drug-likeness (QED) is 0.793. The average Bonchev–Trinajstić information content (AvgIpc) is 2.22. The Morgan fingerprint density at radius 1 is 1.18 bits per heavy atom. The van der Waals surface area contributed by atoms with Crippen LogP contribution in [0.5, 0.6) is 0 Å². The van der Waals surface area contributed by atoms with Crippen molar-refractivity contribution in [3.8, 4) is 0 Å². The average molecular weight is 240 g/mol. The van der Waals surface area contributed by atoms with Crippen LogP contribution in [-0.2, 0) is 4.79 Å². The van der Waals surface area contributed by atoms with Crippen LogP contribution in [0.3, 0.4) is 0 Å². The first-order valence-corrected chi connectivity index (χ1v) is 7.15. The first-order valence-electron chi connectivity index (χ1n) is 7.15. The molecule has 0 spiro atoms. The van der Waals surface area contributed by atoms with E-state index in [9.17, 15) is 4.79 Å². The van der Waals surface area contributed by atoms with Crippen LogP contribution in [-0.4, -0.2) is 18.5 Å². The normalized spacial score (nSPS) is 20.7. The van der Waals surface area contributed by atoms with E-state index < -0.39 is 0 Å². The van der Waals surface area contributed by atoms with Crippen LogP contribution in [0.1, 0.15) is 58.8 Å². The Balaban J connectivity index is 2.41. The minimum atomic E-state index is -0.0274. The summed E-state index contributed by atoms with van der Waals surface area (Å²) < 4.78 is 0. The molecule has 0 aliphatic heterocycles. The summed E-state index contributed by atoms with van der Waals surface area (Å²) in [7, 11) is 0. The van der Waals surface area contributed by atoms with Gasteiger partial charge in [-0.2, -0.15) is 0 Å². The summed E-state index contributed by atoms with van der Waals surface area (Å²) in [6, 6.07) is 0.385. The first kappa shape index (κ1) is 14.5. The molecule has 17 heavy (non-hydrogen) atoms. The summed E-state index contributed by atoms with van der Waals surface area (Å²) in [5.41, 5.74) is 5.67. The van der Waals surface area contributed by atoms with Gasteiger partial charge in [0.25, 0.3) is 0 Å². The van der Waals surface area contributed by atoms with E-state index in [-0.39, 0.29) is 11.8 Å². The predicted molar refractivity (Wildman–Crippen MR) is 71.6 cm³/mol. The van der Waals surface area contributed by atoms with Gasteiger partial charge in [0, 0.05) is 12.6 Å². The molecule has 1 atom stereocenters. The Labute approximate surface area is 106 Å². The van der Waals surface area contributed by atoms with Gasteiger partial charge in [0.1, 0.15) is 0 Å². The number of nitrogens with two attached hydrogens (primary N) is 1. The third-order valence-electron chi connectivity index (χ3n) is 3.85. The topological polar surface area (TPSA) is 55.1 Å². The highest BCUT2D eigenvalue weighted by Crippen LogP contribution is 2.18. The Morgan fingerprint density at radius 3 is 2.18 bits per heavy atom. The summed E-state index contributed by atoms with van der Waals surface area (Å²) in [6.07, 6.45) is 8.77. The lowest BCUT2D eigenvalue weighted by Crippen LogP contribution is -2.43. The predicted octanol–water partition coefficient (Wildman–Crippen LogP) is 2.45. The standard InChI is InChI=1S/C14H28N2O/c1-11(2)13(10-15)14(17)16-12-8-6-4-3-5-7-9-12/h11-13H,3-10,15H2,1-2H3,(H,16,17). The zero-order chi connectivity index (χ0) is 12.7. The largest absolute Gasteiger partial charge is 0.353 e. The lowest BCUT2D eigenvalue weighted by Gasteiger charge is -2.25. The van der Waals surface area contributed by atoms with Gasteiger partial charge in [-0.25, -0.2) is 0 Å². The number of carbonyl (C=O) groups excluding carboxylic acids is 1. The summed E-state index contributed by atoms with van der Waals surface area (Å²) in [6.45, 7) is 4.58. The minimum absolute atomic E-state index is 0.0274. The SMILES string of the molecule is CC(C)C(CN)C(=O)NC1CCCCCCC1. The third-order valence-corrected chi connectivity index (χ3v) is 3.85. The van der Waals surface area contributed by atoms with Crippen LogP contribution in [0.25, 0.3) is 0 Å². The van der Waals surface area contributed by atoms with Crippen LogP contribution in [0.15, 0.2) is 0 Å². The lowest BCUT2D eigenvalue weighted by atomic mass is 9.92. The van der Waals surface area contributed by atoms with Crippen molar-refractivity contribution in [2.75, 3.05) is 6.54 Å². The van der Waals surface area contributed by atoms with Gasteiger partial charge in [0.2, 0.25) is 5.91 Å². The molecule has 100 valence electrons. The second-order valence-electron chi connectivity index (χ2n) is 5.64. The van der Waals surface area contributed by atoms with E-state index in [1.807, 2.05) is 0 Å². The number of nitrogens with one attached hydrogen (secondary N) is 1. The van der Waals surface area contributed by atoms with E-state index >= 15 is 0 Å². The fraction of sp³-hybridized carbons (Fsp3) is 0.929. The Hall–Kier alpha value is -0.570. The van der Waals surface area contributed by atoms with Gasteiger partial charge in [-0.05, 0) is 18.8 Å². The maximum Gasteiger partial charge on any atom is 0.224 e. The third kappa shape index (κ3) is 5.07. The van der Waals surface area contributed by atoms with Crippen molar-refractivity contribution in [1.82, 2.24) is 5.32 Å². The highest BCUT2D eigenvalue weighted by molar-refractivity contribution is 5.79. The Bertz CT molecular complexity index is 220. The van der Waals surface area contributed by atoms with E-state index in [1.165, 1.54) is 32.1 Å². The second kappa shape index (κ2) is 7.70. The van der Waals surface area contributed by atoms with Crippen LogP contribution in [0.2, 0.25) is 0 Å². The van der Waals surface area contributed by atoms with Crippen molar-refractivity contribution in [3.63, 3.8) is 0 Å². The highest BCUT2D eigenvalue weighted by Gasteiger charge is 2.23. The van der Waals surface area contributed by atoms with Crippen molar-refractivity contribution in [2.45, 2.75) is 64.8 Å². The van der Waals surface area contributed by atoms with Crippen molar-refractivity contribution in [1.29, 1.82) is 0 Å². The lowest BCUT2D eigenvalue weighted by molar-refractivity contribution is -0.126. The van der Waals surface area contributed by atoms with Crippen LogP contribution in [0, 0.1) is 11.8 Å². The van der Waals surface area contributed by atoms with Crippen LogP contribution >= 0.6 is 0 Å². The number of hydrogen-bond donors (Lipinski definition) is 2. The smallest absolute Gasteiger partial charge is 0.224 e. The van der Waals surface area contributed by atoms with Crippen molar-refractivity contribution in [3.05, 3.63) is 0 Å². The molecular weight excluding hydrogens is 212 g/mol. The van der Waals surface area contributed by atoms with Gasteiger partial charge in [-0.1, -0.05) is 46.0 Å². The molecule has 0 aromatic rings. The number of carbonyl (C=O) groups is 1. The van der Waals surface area contributed by atoms with Gasteiger partial charge < -0.3 is 11.1 Å². The Kier molecular flexibility index (Phi) is 6.56. The number of rotatable bonds is 4. The molecule has 1 rings (SSSR count). The zero-order valence-corrected chi connectivity index (χ0v) is 11.4. The van der Waals surface area contributed by atoms with Crippen molar-refractivity contribution >= 4 is 5.91 Å². The van der Waals surface area contributed by atoms with Gasteiger partial charge >= 0.3 is 0 Å². The summed E-state index contributed by atoms with van der Waals surface area (Å²) in [5, 5.41) is 3.20. The monoisotopic (exact) mass is 240 g/mol. The maximum atomic E-state index is 12.1. The molecule has 0 heterocycles.